The van der Waals surface area contributed by atoms with E-state index in [4.69, 9.17) is 5.73 Å². The molecule has 1 rings (SSSR count). The van der Waals surface area contributed by atoms with Crippen molar-refractivity contribution >= 4 is 5.91 Å². The van der Waals surface area contributed by atoms with E-state index in [1.807, 2.05) is 11.0 Å². The van der Waals surface area contributed by atoms with Crippen LogP contribution in [0.3, 0.4) is 0 Å². The molecule has 2 N–H and O–H groups in total. The number of hydrogen-bond donors (Lipinski definition) is 1. The highest BCUT2D eigenvalue weighted by Crippen LogP contribution is 2.26. The van der Waals surface area contributed by atoms with Crippen LogP contribution in [0.1, 0.15) is 39.5 Å². The van der Waals surface area contributed by atoms with E-state index in [9.17, 15) is 4.79 Å². The standard InChI is InChI=1S/C14H26N2O/c1-4-9-16(12-7-5-6-8-12)14(17)13(10-15)11(2)3/h4,11-13H,1,5-10,15H2,2-3H3. The molecule has 0 saturated heterocycles. The summed E-state index contributed by atoms with van der Waals surface area (Å²) in [5, 5.41) is 0. The predicted octanol–water partition coefficient (Wildman–Crippen LogP) is 2.17. The quantitative estimate of drug-likeness (QED) is 0.721. The minimum Gasteiger partial charge on any atom is -0.336 e. The second-order valence-electron chi connectivity index (χ2n) is 5.30. The fraction of sp³-hybridized carbons (Fsp3) is 0.786. The molecule has 3 heteroatoms. The molecule has 0 bridgehead atoms. The molecule has 0 aromatic heterocycles. The largest absolute Gasteiger partial charge is 0.336 e. The lowest BCUT2D eigenvalue weighted by molar-refractivity contribution is -0.138. The van der Waals surface area contributed by atoms with Gasteiger partial charge in [-0.2, -0.15) is 0 Å². The Hall–Kier alpha value is -0.830. The molecule has 1 amide bonds. The summed E-state index contributed by atoms with van der Waals surface area (Å²) < 4.78 is 0. The van der Waals surface area contributed by atoms with Crippen molar-refractivity contribution < 1.29 is 4.79 Å². The average molecular weight is 238 g/mol. The van der Waals surface area contributed by atoms with Gasteiger partial charge in [-0.25, -0.2) is 0 Å². The number of carbonyl (C=O) groups is 1. The van der Waals surface area contributed by atoms with Crippen LogP contribution >= 0.6 is 0 Å². The molecular weight excluding hydrogens is 212 g/mol. The number of rotatable bonds is 6. The van der Waals surface area contributed by atoms with E-state index < -0.39 is 0 Å². The number of carbonyl (C=O) groups excluding carboxylic acids is 1. The van der Waals surface area contributed by atoms with Gasteiger partial charge in [-0.3, -0.25) is 4.79 Å². The third kappa shape index (κ3) is 3.56. The molecule has 1 atom stereocenters. The summed E-state index contributed by atoms with van der Waals surface area (Å²) in [7, 11) is 0. The smallest absolute Gasteiger partial charge is 0.227 e. The Morgan fingerprint density at radius 3 is 2.47 bits per heavy atom. The molecule has 1 unspecified atom stereocenters. The number of nitrogens with two attached hydrogens (primary N) is 1. The Balaban J connectivity index is 2.74. The third-order valence-corrected chi connectivity index (χ3v) is 3.75. The van der Waals surface area contributed by atoms with Gasteiger partial charge in [-0.15, -0.1) is 6.58 Å². The lowest BCUT2D eigenvalue weighted by Crippen LogP contribution is -2.46. The van der Waals surface area contributed by atoms with E-state index >= 15 is 0 Å². The zero-order chi connectivity index (χ0) is 12.8. The van der Waals surface area contributed by atoms with Gasteiger partial charge in [0.2, 0.25) is 5.91 Å². The Morgan fingerprint density at radius 2 is 2.06 bits per heavy atom. The fourth-order valence-electron chi connectivity index (χ4n) is 2.65. The summed E-state index contributed by atoms with van der Waals surface area (Å²) >= 11 is 0. The van der Waals surface area contributed by atoms with Crippen LogP contribution in [0, 0.1) is 11.8 Å². The van der Waals surface area contributed by atoms with Crippen molar-refractivity contribution in [2.75, 3.05) is 13.1 Å². The average Bonchev–Trinajstić information content (AvgIpc) is 2.79. The first-order valence-electron chi connectivity index (χ1n) is 6.73. The van der Waals surface area contributed by atoms with E-state index in [0.717, 1.165) is 12.8 Å². The van der Waals surface area contributed by atoms with Crippen LogP contribution in [0.25, 0.3) is 0 Å². The van der Waals surface area contributed by atoms with E-state index in [0.29, 0.717) is 25.0 Å². The first-order chi connectivity index (χ1) is 8.11. The van der Waals surface area contributed by atoms with Crippen molar-refractivity contribution in [3.05, 3.63) is 12.7 Å². The SMILES string of the molecule is C=CCN(C(=O)C(CN)C(C)C)C1CCCC1. The zero-order valence-electron chi connectivity index (χ0n) is 11.2. The highest BCUT2D eigenvalue weighted by molar-refractivity contribution is 5.79. The summed E-state index contributed by atoms with van der Waals surface area (Å²) in [4.78, 5) is 14.5. The molecule has 1 aliphatic carbocycles. The summed E-state index contributed by atoms with van der Waals surface area (Å²) in [6, 6.07) is 0.410. The van der Waals surface area contributed by atoms with Crippen LogP contribution < -0.4 is 5.73 Å². The predicted molar refractivity (Wildman–Crippen MR) is 71.5 cm³/mol. The van der Waals surface area contributed by atoms with E-state index in [1.54, 1.807) is 0 Å². The second-order valence-corrected chi connectivity index (χ2v) is 5.30. The Kier molecular flexibility index (Phi) is 5.69. The van der Waals surface area contributed by atoms with Gasteiger partial charge in [0.15, 0.2) is 0 Å². The van der Waals surface area contributed by atoms with Gasteiger partial charge >= 0.3 is 0 Å². The summed E-state index contributed by atoms with van der Waals surface area (Å²) in [6.45, 7) is 8.99. The van der Waals surface area contributed by atoms with Crippen LogP contribution in [-0.4, -0.2) is 29.9 Å². The van der Waals surface area contributed by atoms with Crippen molar-refractivity contribution in [1.82, 2.24) is 4.90 Å². The molecule has 0 spiro atoms. The van der Waals surface area contributed by atoms with Crippen LogP contribution in [-0.2, 0) is 4.79 Å². The Morgan fingerprint density at radius 1 is 1.47 bits per heavy atom. The van der Waals surface area contributed by atoms with Crippen molar-refractivity contribution in [2.24, 2.45) is 17.6 Å². The molecule has 1 saturated carbocycles. The molecule has 0 aliphatic heterocycles. The molecule has 0 radical (unpaired) electrons. The van der Waals surface area contributed by atoms with Gasteiger partial charge in [0.1, 0.15) is 0 Å². The van der Waals surface area contributed by atoms with Gasteiger partial charge < -0.3 is 10.6 Å². The lowest BCUT2D eigenvalue weighted by atomic mass is 9.93. The first-order valence-corrected chi connectivity index (χ1v) is 6.73. The van der Waals surface area contributed by atoms with Crippen LogP contribution in [0.15, 0.2) is 12.7 Å². The molecule has 0 aromatic carbocycles. The maximum absolute atomic E-state index is 12.5. The fourth-order valence-corrected chi connectivity index (χ4v) is 2.65. The summed E-state index contributed by atoms with van der Waals surface area (Å²) in [5.74, 6) is 0.478. The van der Waals surface area contributed by atoms with E-state index in [1.165, 1.54) is 12.8 Å². The monoisotopic (exact) mass is 238 g/mol. The molecule has 1 fully saturated rings. The van der Waals surface area contributed by atoms with Gasteiger partial charge in [-0.1, -0.05) is 32.8 Å². The van der Waals surface area contributed by atoms with Crippen molar-refractivity contribution in [3.63, 3.8) is 0 Å². The highest BCUT2D eigenvalue weighted by atomic mass is 16.2. The highest BCUT2D eigenvalue weighted by Gasteiger charge is 2.31. The van der Waals surface area contributed by atoms with Crippen LogP contribution in [0.2, 0.25) is 0 Å². The van der Waals surface area contributed by atoms with Crippen LogP contribution in [0.4, 0.5) is 0 Å². The summed E-state index contributed by atoms with van der Waals surface area (Å²) in [6.07, 6.45) is 6.56. The topological polar surface area (TPSA) is 46.3 Å². The molecule has 0 heterocycles. The van der Waals surface area contributed by atoms with Gasteiger partial charge in [-0.05, 0) is 18.8 Å². The Bertz CT molecular complexity index is 257. The van der Waals surface area contributed by atoms with Crippen molar-refractivity contribution in [3.8, 4) is 0 Å². The maximum atomic E-state index is 12.5. The molecule has 17 heavy (non-hydrogen) atoms. The Labute approximate surface area is 105 Å². The van der Waals surface area contributed by atoms with E-state index in [2.05, 4.69) is 20.4 Å². The third-order valence-electron chi connectivity index (χ3n) is 3.75. The molecule has 3 nitrogen and oxygen atoms in total. The molecule has 1 aliphatic rings. The minimum absolute atomic E-state index is 0.0458. The molecule has 0 aromatic rings. The van der Waals surface area contributed by atoms with Gasteiger partial charge in [0, 0.05) is 19.1 Å². The van der Waals surface area contributed by atoms with Gasteiger partial charge in [0.25, 0.3) is 0 Å². The van der Waals surface area contributed by atoms with Crippen molar-refractivity contribution in [2.45, 2.75) is 45.6 Å². The number of hydrogen-bond acceptors (Lipinski definition) is 2. The normalized spacial score (nSPS) is 18.4. The number of nitrogens with zero attached hydrogens (tertiary/aromatic N) is 1. The second kappa shape index (κ2) is 6.80. The van der Waals surface area contributed by atoms with E-state index in [-0.39, 0.29) is 11.8 Å². The van der Waals surface area contributed by atoms with Crippen molar-refractivity contribution in [1.29, 1.82) is 0 Å². The molecule has 98 valence electrons. The number of amides is 1. The zero-order valence-corrected chi connectivity index (χ0v) is 11.2. The first kappa shape index (κ1) is 14.2. The van der Waals surface area contributed by atoms with Crippen LogP contribution in [0.5, 0.6) is 0 Å². The van der Waals surface area contributed by atoms with Gasteiger partial charge in [0.05, 0.1) is 5.92 Å². The minimum atomic E-state index is -0.0458. The maximum Gasteiger partial charge on any atom is 0.227 e. The molecular formula is C14H26N2O. The lowest BCUT2D eigenvalue weighted by Gasteiger charge is -2.32. The summed E-state index contributed by atoms with van der Waals surface area (Å²) in [5.41, 5.74) is 5.73.